The summed E-state index contributed by atoms with van der Waals surface area (Å²) in [6.45, 7) is 1.88. The second kappa shape index (κ2) is 16.8. The Morgan fingerprint density at radius 1 is 1.11 bits per heavy atom. The van der Waals surface area contributed by atoms with Gasteiger partial charge in [-0.15, -0.1) is 0 Å². The third-order valence-electron chi connectivity index (χ3n) is 11.1. The number of anilines is 1. The van der Waals surface area contributed by atoms with E-state index in [9.17, 15) is 31.9 Å². The van der Waals surface area contributed by atoms with Crippen LogP contribution in [0.3, 0.4) is 0 Å². The first-order chi connectivity index (χ1) is 25.7. The number of nitrogens with zero attached hydrogens (tertiary/aromatic N) is 3. The van der Waals surface area contributed by atoms with E-state index in [0.717, 1.165) is 50.3 Å². The van der Waals surface area contributed by atoms with Gasteiger partial charge in [-0.25, -0.2) is 18.2 Å². The summed E-state index contributed by atoms with van der Waals surface area (Å²) in [5, 5.41) is 12.8. The van der Waals surface area contributed by atoms with Gasteiger partial charge in [0.15, 0.2) is 5.60 Å². The first kappa shape index (κ1) is 40.3. The lowest BCUT2D eigenvalue weighted by Crippen LogP contribution is -2.57. The van der Waals surface area contributed by atoms with Gasteiger partial charge in [-0.05, 0) is 91.3 Å². The molecular weight excluding hydrogens is 744 g/mol. The third-order valence-corrected chi connectivity index (χ3v) is 12.3. The van der Waals surface area contributed by atoms with Crippen molar-refractivity contribution in [2.24, 2.45) is 11.8 Å². The van der Waals surface area contributed by atoms with Crippen molar-refractivity contribution in [3.8, 4) is 5.75 Å². The minimum Gasteiger partial charge on any atom is -0.487 e. The number of carbonyl (C=O) groups excluding carboxylic acids is 2. The number of nitrogens with one attached hydrogen (secondary N) is 2. The van der Waals surface area contributed by atoms with Gasteiger partial charge in [-0.1, -0.05) is 35.9 Å². The van der Waals surface area contributed by atoms with E-state index in [-0.39, 0.29) is 49.7 Å². The molecule has 6 rings (SSSR count). The number of halogens is 3. The maximum atomic E-state index is 13.7. The quantitative estimate of drug-likeness (QED) is 0.355. The third kappa shape index (κ3) is 9.54. The highest BCUT2D eigenvalue weighted by molar-refractivity contribution is 7.88. The zero-order valence-electron chi connectivity index (χ0n) is 30.7. The molecule has 0 aromatic heterocycles. The molecule has 0 radical (unpaired) electrons. The predicted octanol–water partition coefficient (Wildman–Crippen LogP) is 4.00. The van der Waals surface area contributed by atoms with Crippen molar-refractivity contribution >= 4 is 39.3 Å². The molecule has 16 heteroatoms. The van der Waals surface area contributed by atoms with Gasteiger partial charge in [0.25, 0.3) is 11.8 Å². The Kier molecular flexibility index (Phi) is 12.5. The standard InChI is InChI=1S/C38H50ClF2N5O7S/c1-42-54(50,51)43-36(48)38(49)21-35(47)44(2)15-5-4-8-33(52-18-17-45-24-37(40,41)25-45)31-13-10-27(31)22-46-16-6-3-7-26-19-30(39)12-9-28(26)23-53-34-14-11-29(38)20-32(34)46/h4,8-9,11-12,14,19-20,27,31,33,42,49H,3,5-7,10,13,15-18,21-25H2,1-2H3,(H,43,48)/b8-4+/t27-,31+,33-,38?/m0/s1. The van der Waals surface area contributed by atoms with E-state index in [4.69, 9.17) is 21.1 Å². The summed E-state index contributed by atoms with van der Waals surface area (Å²) in [6.07, 6.45) is 7.69. The Morgan fingerprint density at radius 2 is 1.91 bits per heavy atom. The van der Waals surface area contributed by atoms with Crippen LogP contribution in [0.4, 0.5) is 14.5 Å². The number of benzene rings is 2. The average molecular weight is 794 g/mol. The van der Waals surface area contributed by atoms with E-state index >= 15 is 0 Å². The van der Waals surface area contributed by atoms with Crippen LogP contribution in [-0.4, -0.2) is 107 Å². The molecule has 2 bridgehead atoms. The molecule has 12 nitrogen and oxygen atoms in total. The molecule has 2 fully saturated rings. The van der Waals surface area contributed by atoms with Crippen LogP contribution in [0.2, 0.25) is 5.02 Å². The lowest BCUT2D eigenvalue weighted by Gasteiger charge is -2.44. The smallest absolute Gasteiger partial charge is 0.301 e. The average Bonchev–Trinajstić information content (AvgIpc) is 3.13. The van der Waals surface area contributed by atoms with Crippen LogP contribution in [0.1, 0.15) is 55.2 Å². The van der Waals surface area contributed by atoms with Crippen LogP contribution in [0, 0.1) is 11.8 Å². The predicted molar refractivity (Wildman–Crippen MR) is 201 cm³/mol. The van der Waals surface area contributed by atoms with Gasteiger partial charge in [0.2, 0.25) is 5.91 Å². The van der Waals surface area contributed by atoms with Crippen LogP contribution >= 0.6 is 11.6 Å². The Balaban J connectivity index is 1.37. The van der Waals surface area contributed by atoms with Crippen molar-refractivity contribution in [3.05, 3.63) is 70.3 Å². The minimum atomic E-state index is -4.33. The molecule has 4 atom stereocenters. The van der Waals surface area contributed by atoms with Crippen LogP contribution in [0.15, 0.2) is 48.6 Å². The van der Waals surface area contributed by atoms with Gasteiger partial charge < -0.3 is 24.4 Å². The Bertz CT molecular complexity index is 1830. The van der Waals surface area contributed by atoms with Gasteiger partial charge in [0.05, 0.1) is 37.9 Å². The molecule has 1 saturated carbocycles. The number of ether oxygens (including phenoxy) is 2. The summed E-state index contributed by atoms with van der Waals surface area (Å²) in [6, 6.07) is 10.5. The SMILES string of the molecule is CNS(=O)(=O)NC(=O)C1(O)CC(=O)N(C)CC/C=C/[C@H](OCCN2CC(F)(F)C2)[C@@H]2CC[C@H]2CN2CCCCc3cc(Cl)ccc3COc3ccc1cc32. The Morgan fingerprint density at radius 3 is 2.63 bits per heavy atom. The Labute approximate surface area is 321 Å². The first-order valence-electron chi connectivity index (χ1n) is 18.6. The van der Waals surface area contributed by atoms with Crippen molar-refractivity contribution in [2.75, 3.05) is 64.9 Å². The van der Waals surface area contributed by atoms with Crippen molar-refractivity contribution in [3.63, 3.8) is 0 Å². The topological polar surface area (TPSA) is 141 Å². The molecule has 2 amide bonds. The zero-order chi connectivity index (χ0) is 38.7. The van der Waals surface area contributed by atoms with Gasteiger partial charge in [0.1, 0.15) is 12.4 Å². The maximum absolute atomic E-state index is 13.7. The second-order valence-electron chi connectivity index (χ2n) is 14.9. The lowest BCUT2D eigenvalue weighted by atomic mass is 9.70. The first-order valence-corrected chi connectivity index (χ1v) is 20.4. The van der Waals surface area contributed by atoms with E-state index in [0.29, 0.717) is 49.1 Å². The number of aryl methyl sites for hydroxylation is 1. The number of fused-ring (bicyclic) bond motifs is 3. The summed E-state index contributed by atoms with van der Waals surface area (Å²) in [5.41, 5.74) is 0.144. The van der Waals surface area contributed by atoms with Crippen molar-refractivity contribution in [1.82, 2.24) is 19.2 Å². The molecule has 296 valence electrons. The minimum absolute atomic E-state index is 0.0392. The molecule has 2 aromatic carbocycles. The van der Waals surface area contributed by atoms with Gasteiger partial charge in [0, 0.05) is 45.3 Å². The van der Waals surface area contributed by atoms with Gasteiger partial charge in [-0.3, -0.25) is 14.5 Å². The summed E-state index contributed by atoms with van der Waals surface area (Å²) in [4.78, 5) is 32.6. The Hall–Kier alpha value is -3.34. The monoisotopic (exact) mass is 793 g/mol. The fourth-order valence-corrected chi connectivity index (χ4v) is 8.40. The molecule has 4 aliphatic rings. The molecule has 3 heterocycles. The number of hydrogen-bond acceptors (Lipinski definition) is 9. The fourth-order valence-electron chi connectivity index (χ4n) is 7.69. The van der Waals surface area contributed by atoms with Crippen LogP contribution in [-0.2, 0) is 43.2 Å². The number of aliphatic hydroxyl groups is 1. The van der Waals surface area contributed by atoms with Crippen molar-refractivity contribution in [2.45, 2.75) is 69.2 Å². The van der Waals surface area contributed by atoms with Crippen LogP contribution in [0.25, 0.3) is 0 Å². The van der Waals surface area contributed by atoms with Gasteiger partial charge >= 0.3 is 10.2 Å². The molecule has 54 heavy (non-hydrogen) atoms. The van der Waals surface area contributed by atoms with E-state index in [1.54, 1.807) is 24.1 Å². The zero-order valence-corrected chi connectivity index (χ0v) is 32.3. The summed E-state index contributed by atoms with van der Waals surface area (Å²) >= 11 is 6.36. The number of alkyl halides is 2. The number of likely N-dealkylation sites (tertiary alicyclic amines) is 1. The van der Waals surface area contributed by atoms with E-state index in [1.807, 2.05) is 39.8 Å². The van der Waals surface area contributed by atoms with Crippen molar-refractivity contribution < 1.29 is 41.4 Å². The van der Waals surface area contributed by atoms with Crippen LogP contribution < -0.4 is 19.1 Å². The summed E-state index contributed by atoms with van der Waals surface area (Å²) in [5.74, 6) is -3.67. The highest BCUT2D eigenvalue weighted by Gasteiger charge is 2.45. The normalized spacial score (nSPS) is 27.2. The summed E-state index contributed by atoms with van der Waals surface area (Å²) < 4.78 is 68.7. The number of rotatable bonds is 7. The molecule has 1 aliphatic carbocycles. The van der Waals surface area contributed by atoms with Gasteiger partial charge in [-0.2, -0.15) is 8.42 Å². The molecule has 1 saturated heterocycles. The highest BCUT2D eigenvalue weighted by atomic mass is 35.5. The number of hydrogen-bond donors (Lipinski definition) is 3. The lowest BCUT2D eigenvalue weighted by molar-refractivity contribution is -0.148. The second-order valence-corrected chi connectivity index (χ2v) is 17.0. The highest BCUT2D eigenvalue weighted by Crippen LogP contribution is 2.43. The summed E-state index contributed by atoms with van der Waals surface area (Å²) in [7, 11) is -1.65. The fraction of sp³-hybridized carbons (Fsp3) is 0.579. The number of amides is 2. The maximum Gasteiger partial charge on any atom is 0.301 e. The van der Waals surface area contributed by atoms with E-state index in [1.165, 1.54) is 11.0 Å². The molecule has 2 aromatic rings. The number of carbonyl (C=O) groups is 2. The van der Waals surface area contributed by atoms with E-state index in [2.05, 4.69) is 4.90 Å². The van der Waals surface area contributed by atoms with E-state index < -0.39 is 40.0 Å². The molecule has 0 spiro atoms. The van der Waals surface area contributed by atoms with Crippen LogP contribution in [0.5, 0.6) is 5.75 Å². The molecule has 1 unspecified atom stereocenters. The molecule has 3 aliphatic heterocycles. The largest absolute Gasteiger partial charge is 0.487 e. The van der Waals surface area contributed by atoms with Crippen molar-refractivity contribution in [1.29, 1.82) is 0 Å². The molecular formula is C38H50ClF2N5O7S. The molecule has 3 N–H and O–H groups in total.